The summed E-state index contributed by atoms with van der Waals surface area (Å²) in [5.41, 5.74) is 2.39. The van der Waals surface area contributed by atoms with E-state index in [-0.39, 0.29) is 11.7 Å². The fourth-order valence-corrected chi connectivity index (χ4v) is 5.11. The van der Waals surface area contributed by atoms with Crippen LogP contribution in [0.25, 0.3) is 0 Å². The Hall–Kier alpha value is -2.41. The summed E-state index contributed by atoms with van der Waals surface area (Å²) in [5.74, 6) is -2.83. The highest BCUT2D eigenvalue weighted by atomic mass is 32.1. The van der Waals surface area contributed by atoms with Crippen LogP contribution >= 0.6 is 11.3 Å². The number of thiophene rings is 1. The van der Waals surface area contributed by atoms with Crippen LogP contribution in [0.15, 0.2) is 34.7 Å². The molecular weight excluding hydrogens is 390 g/mol. The van der Waals surface area contributed by atoms with E-state index in [4.69, 9.17) is 9.47 Å². The molecule has 0 bridgehead atoms. The van der Waals surface area contributed by atoms with Crippen molar-refractivity contribution in [1.29, 1.82) is 0 Å². The van der Waals surface area contributed by atoms with Crippen LogP contribution in [0.4, 0.5) is 0 Å². The first-order valence-corrected chi connectivity index (χ1v) is 10.7. The van der Waals surface area contributed by atoms with E-state index in [1.165, 1.54) is 7.11 Å². The van der Waals surface area contributed by atoms with Gasteiger partial charge in [0.2, 0.25) is 0 Å². The predicted molar refractivity (Wildman–Crippen MR) is 110 cm³/mol. The van der Waals surface area contributed by atoms with Gasteiger partial charge in [0.05, 0.1) is 25.2 Å². The largest absolute Gasteiger partial charge is 0.468 e. The first-order valence-electron chi connectivity index (χ1n) is 9.86. The minimum atomic E-state index is -0.865. The van der Waals surface area contributed by atoms with Gasteiger partial charge in [-0.3, -0.25) is 9.59 Å². The van der Waals surface area contributed by atoms with Crippen LogP contribution < -0.4 is 5.32 Å². The van der Waals surface area contributed by atoms with E-state index < -0.39 is 23.8 Å². The molecule has 6 nitrogen and oxygen atoms in total. The molecule has 1 N–H and O–H groups in total. The van der Waals surface area contributed by atoms with Crippen molar-refractivity contribution in [2.45, 2.75) is 46.5 Å². The van der Waals surface area contributed by atoms with Gasteiger partial charge >= 0.3 is 11.9 Å². The number of dihydropyridines is 1. The quantitative estimate of drug-likeness (QED) is 0.582. The van der Waals surface area contributed by atoms with Crippen LogP contribution in [-0.2, 0) is 23.9 Å². The van der Waals surface area contributed by atoms with Gasteiger partial charge in [-0.2, -0.15) is 0 Å². The zero-order valence-electron chi connectivity index (χ0n) is 17.5. The Kier molecular flexibility index (Phi) is 6.27. The first kappa shape index (κ1) is 21.3. The number of hydrogen-bond acceptors (Lipinski definition) is 7. The summed E-state index contributed by atoms with van der Waals surface area (Å²) in [6, 6.07) is 3.92. The van der Waals surface area contributed by atoms with Crippen molar-refractivity contribution in [3.63, 3.8) is 0 Å². The highest BCUT2D eigenvalue weighted by molar-refractivity contribution is 7.12. The van der Waals surface area contributed by atoms with Crippen molar-refractivity contribution < 1.29 is 23.9 Å². The molecule has 0 saturated carbocycles. The van der Waals surface area contributed by atoms with Gasteiger partial charge in [0.25, 0.3) is 0 Å². The van der Waals surface area contributed by atoms with Crippen LogP contribution in [0, 0.1) is 18.8 Å². The second-order valence-corrected chi connectivity index (χ2v) is 8.94. The summed E-state index contributed by atoms with van der Waals surface area (Å²) in [6.45, 7) is 7.94. The lowest BCUT2D eigenvalue weighted by molar-refractivity contribution is -0.151. The molecule has 0 fully saturated rings. The zero-order chi connectivity index (χ0) is 21.3. The molecule has 156 valence electrons. The molecule has 0 aromatic carbocycles. The summed E-state index contributed by atoms with van der Waals surface area (Å²) >= 11 is 1.54. The number of ether oxygens (including phenoxy) is 2. The predicted octanol–water partition coefficient (Wildman–Crippen LogP) is 3.62. The fraction of sp³-hybridized carbons (Fsp3) is 0.500. The third-order valence-electron chi connectivity index (χ3n) is 5.45. The monoisotopic (exact) mass is 417 g/mol. The number of allylic oxidation sites excluding steroid dienone is 3. The number of carbonyl (C=O) groups is 3. The van der Waals surface area contributed by atoms with E-state index in [2.05, 4.69) is 5.32 Å². The highest BCUT2D eigenvalue weighted by Gasteiger charge is 2.47. The van der Waals surface area contributed by atoms with Crippen LogP contribution in [0.5, 0.6) is 0 Å². The third-order valence-corrected chi connectivity index (χ3v) is 6.51. The summed E-state index contributed by atoms with van der Waals surface area (Å²) in [7, 11) is 1.29. The Bertz CT molecular complexity index is 910. The maximum atomic E-state index is 13.5. The number of esters is 2. The minimum absolute atomic E-state index is 0.187. The Morgan fingerprint density at radius 3 is 2.59 bits per heavy atom. The van der Waals surface area contributed by atoms with Crippen LogP contribution in [-0.4, -0.2) is 31.4 Å². The van der Waals surface area contributed by atoms with Gasteiger partial charge in [-0.25, -0.2) is 4.79 Å². The molecule has 1 aliphatic carbocycles. The number of nitrogens with one attached hydrogen (secondary N) is 1. The second-order valence-electron chi connectivity index (χ2n) is 7.62. The van der Waals surface area contributed by atoms with E-state index in [1.54, 1.807) is 11.3 Å². The SMILES string of the molecule is CCCOC(=O)C1=C(C)NC2=C(C(=O)[C@H](C(=O)OC)[C@@H](C)C2)[C@H]1c1ccc(C)s1. The van der Waals surface area contributed by atoms with Gasteiger partial charge in [-0.1, -0.05) is 13.8 Å². The van der Waals surface area contributed by atoms with Crippen molar-refractivity contribution in [3.05, 3.63) is 44.4 Å². The number of hydrogen-bond donors (Lipinski definition) is 1. The molecule has 29 heavy (non-hydrogen) atoms. The topological polar surface area (TPSA) is 81.7 Å². The highest BCUT2D eigenvalue weighted by Crippen LogP contribution is 2.46. The molecular formula is C22H27NO5S. The number of aryl methyl sites for hydroxylation is 1. The lowest BCUT2D eigenvalue weighted by Gasteiger charge is -2.37. The molecule has 1 aromatic heterocycles. The van der Waals surface area contributed by atoms with Gasteiger partial charge in [-0.15, -0.1) is 11.3 Å². The average Bonchev–Trinajstić information content (AvgIpc) is 3.10. The van der Waals surface area contributed by atoms with Gasteiger partial charge < -0.3 is 14.8 Å². The van der Waals surface area contributed by atoms with Crippen molar-refractivity contribution in [3.8, 4) is 0 Å². The van der Waals surface area contributed by atoms with E-state index in [1.807, 2.05) is 39.8 Å². The normalized spacial score (nSPS) is 24.2. The maximum absolute atomic E-state index is 13.5. The van der Waals surface area contributed by atoms with E-state index in [0.717, 1.165) is 15.5 Å². The molecule has 0 radical (unpaired) electrons. The first-order chi connectivity index (χ1) is 13.8. The van der Waals surface area contributed by atoms with Crippen molar-refractivity contribution in [2.75, 3.05) is 13.7 Å². The minimum Gasteiger partial charge on any atom is -0.468 e. The molecule has 7 heteroatoms. The van der Waals surface area contributed by atoms with Gasteiger partial charge in [0, 0.05) is 26.7 Å². The number of rotatable bonds is 5. The summed E-state index contributed by atoms with van der Waals surface area (Å²) in [5, 5.41) is 3.26. The molecule has 0 saturated heterocycles. The maximum Gasteiger partial charge on any atom is 0.336 e. The van der Waals surface area contributed by atoms with Crippen LogP contribution in [0.1, 0.15) is 49.3 Å². The lowest BCUT2D eigenvalue weighted by Crippen LogP contribution is -2.43. The smallest absolute Gasteiger partial charge is 0.336 e. The molecule has 0 unspecified atom stereocenters. The lowest BCUT2D eigenvalue weighted by atomic mass is 9.70. The van der Waals surface area contributed by atoms with E-state index >= 15 is 0 Å². The van der Waals surface area contributed by atoms with Crippen LogP contribution in [0.3, 0.4) is 0 Å². The zero-order valence-corrected chi connectivity index (χ0v) is 18.3. The molecule has 0 amide bonds. The summed E-state index contributed by atoms with van der Waals surface area (Å²) < 4.78 is 10.3. The molecule has 1 aromatic rings. The standard InChI is InChI=1S/C22H27NO5S/c1-6-9-28-22(26)17-13(4)23-14-10-11(2)16(21(25)27-5)20(24)18(14)19(17)15-8-7-12(3)29-15/h7-8,11,16,19,23H,6,9-10H2,1-5H3/t11-,16+,19-/m0/s1. The molecule has 3 atom stereocenters. The number of Topliss-reactive ketones (excluding diaryl/α,β-unsaturated/α-hetero) is 1. The van der Waals surface area contributed by atoms with Gasteiger partial charge in [0.15, 0.2) is 5.78 Å². The van der Waals surface area contributed by atoms with Crippen molar-refractivity contribution in [1.82, 2.24) is 5.32 Å². The summed E-state index contributed by atoms with van der Waals surface area (Å²) in [4.78, 5) is 40.7. The molecule has 3 rings (SSSR count). The van der Waals surface area contributed by atoms with Gasteiger partial charge in [-0.05, 0) is 44.7 Å². The molecule has 2 heterocycles. The Morgan fingerprint density at radius 1 is 1.28 bits per heavy atom. The molecule has 2 aliphatic rings. The Balaban J connectivity index is 2.13. The summed E-state index contributed by atoms with van der Waals surface area (Å²) in [6.07, 6.45) is 1.25. The fourth-order valence-electron chi connectivity index (χ4n) is 4.12. The average molecular weight is 418 g/mol. The third kappa shape index (κ3) is 3.88. The Labute approximate surface area is 175 Å². The second kappa shape index (κ2) is 8.53. The molecule has 0 spiro atoms. The van der Waals surface area contributed by atoms with Gasteiger partial charge in [0.1, 0.15) is 5.92 Å². The van der Waals surface area contributed by atoms with E-state index in [0.29, 0.717) is 36.3 Å². The Morgan fingerprint density at radius 2 is 2.00 bits per heavy atom. The number of ketones is 1. The number of carbonyl (C=O) groups excluding carboxylic acids is 3. The van der Waals surface area contributed by atoms with Crippen molar-refractivity contribution in [2.24, 2.45) is 11.8 Å². The number of methoxy groups -OCH3 is 1. The van der Waals surface area contributed by atoms with Crippen LogP contribution in [0.2, 0.25) is 0 Å². The molecule has 1 aliphatic heterocycles. The van der Waals surface area contributed by atoms with E-state index in [9.17, 15) is 14.4 Å². The van der Waals surface area contributed by atoms with Crippen molar-refractivity contribution >= 4 is 29.1 Å².